The summed E-state index contributed by atoms with van der Waals surface area (Å²) in [5.41, 5.74) is 0.0562. The Balaban J connectivity index is 0.00000200. The van der Waals surface area contributed by atoms with Gasteiger partial charge >= 0.3 is 0 Å². The molecule has 0 amide bonds. The summed E-state index contributed by atoms with van der Waals surface area (Å²) in [4.78, 5) is 2.45. The topological polar surface area (TPSA) is 36.3 Å². The van der Waals surface area contributed by atoms with Crippen LogP contribution in [0.3, 0.4) is 0 Å². The molecule has 0 atom stereocenters. The molecule has 2 rings (SSSR count). The smallest absolute Gasteiger partial charge is 0.144 e. The molecule has 110 valence electrons. The van der Waals surface area contributed by atoms with Crippen LogP contribution in [0, 0.1) is 17.1 Å². The first-order valence-corrected chi connectivity index (χ1v) is 6.84. The summed E-state index contributed by atoms with van der Waals surface area (Å²) in [6.45, 7) is 4.00. The second kappa shape index (κ2) is 8.78. The molecule has 0 aromatic heterocycles. The lowest BCUT2D eigenvalue weighted by Crippen LogP contribution is -2.31. The quantitative estimate of drug-likeness (QED) is 0.782. The van der Waals surface area contributed by atoms with Gasteiger partial charge in [0.15, 0.2) is 0 Å². The van der Waals surface area contributed by atoms with Gasteiger partial charge in [0.1, 0.15) is 17.6 Å². The number of piperidine rings is 1. The van der Waals surface area contributed by atoms with Crippen molar-refractivity contribution in [3.63, 3.8) is 0 Å². The van der Waals surface area contributed by atoms with Gasteiger partial charge in [0.25, 0.3) is 0 Å². The number of nitrogens with zero attached hydrogens (tertiary/aromatic N) is 2. The van der Waals surface area contributed by atoms with Crippen LogP contribution in [0.2, 0.25) is 0 Å². The number of nitriles is 1. The van der Waals surface area contributed by atoms with Gasteiger partial charge in [-0.2, -0.15) is 5.26 Å². The molecular weight excluding hydrogens is 279 g/mol. The van der Waals surface area contributed by atoms with Gasteiger partial charge in [-0.15, -0.1) is 12.4 Å². The molecule has 0 saturated carbocycles. The monoisotopic (exact) mass is 298 g/mol. The number of hydrogen-bond acceptors (Lipinski definition) is 3. The van der Waals surface area contributed by atoms with Crippen LogP contribution in [0.25, 0.3) is 0 Å². The van der Waals surface area contributed by atoms with Gasteiger partial charge in [-0.1, -0.05) is 6.42 Å². The molecule has 1 aliphatic rings. The number of ether oxygens (including phenoxy) is 1. The Bertz CT molecular complexity index is 456. The number of hydrogen-bond donors (Lipinski definition) is 0. The molecule has 0 spiro atoms. The predicted molar refractivity (Wildman–Crippen MR) is 78.8 cm³/mol. The summed E-state index contributed by atoms with van der Waals surface area (Å²) in [7, 11) is 0. The van der Waals surface area contributed by atoms with Crippen LogP contribution in [-0.2, 0) is 0 Å². The van der Waals surface area contributed by atoms with Crippen LogP contribution < -0.4 is 4.74 Å². The maximum Gasteiger partial charge on any atom is 0.144 e. The van der Waals surface area contributed by atoms with Gasteiger partial charge in [0, 0.05) is 12.6 Å². The summed E-state index contributed by atoms with van der Waals surface area (Å²) in [6, 6.07) is 6.17. The highest BCUT2D eigenvalue weighted by Gasteiger charge is 2.09. The second-order valence-electron chi connectivity index (χ2n) is 4.86. The fraction of sp³-hybridized carbons (Fsp3) is 0.533. The van der Waals surface area contributed by atoms with E-state index in [9.17, 15) is 4.39 Å². The molecule has 20 heavy (non-hydrogen) atoms. The van der Waals surface area contributed by atoms with E-state index in [4.69, 9.17) is 10.00 Å². The predicted octanol–water partition coefficient (Wildman–Crippen LogP) is 3.37. The third-order valence-corrected chi connectivity index (χ3v) is 3.40. The second-order valence-corrected chi connectivity index (χ2v) is 4.86. The fourth-order valence-electron chi connectivity index (χ4n) is 2.34. The SMILES string of the molecule is Cl.N#Cc1ccc(OCCCN2CCCCC2)cc1F. The molecule has 0 bridgehead atoms. The van der Waals surface area contributed by atoms with Crippen LogP contribution >= 0.6 is 12.4 Å². The van der Waals surface area contributed by atoms with E-state index in [0.717, 1.165) is 13.0 Å². The Morgan fingerprint density at radius 1 is 1.25 bits per heavy atom. The van der Waals surface area contributed by atoms with Crippen molar-refractivity contribution >= 4 is 12.4 Å². The van der Waals surface area contributed by atoms with E-state index in [2.05, 4.69) is 4.90 Å². The molecule has 3 nitrogen and oxygen atoms in total. The largest absolute Gasteiger partial charge is 0.493 e. The lowest BCUT2D eigenvalue weighted by Gasteiger charge is -2.26. The number of rotatable bonds is 5. The van der Waals surface area contributed by atoms with Crippen molar-refractivity contribution in [2.24, 2.45) is 0 Å². The summed E-state index contributed by atoms with van der Waals surface area (Å²) >= 11 is 0. The van der Waals surface area contributed by atoms with Crippen LogP contribution in [0.5, 0.6) is 5.75 Å². The number of halogens is 2. The van der Waals surface area contributed by atoms with Crippen LogP contribution in [0.1, 0.15) is 31.2 Å². The Labute approximate surface area is 125 Å². The molecule has 0 radical (unpaired) electrons. The zero-order valence-corrected chi connectivity index (χ0v) is 12.3. The van der Waals surface area contributed by atoms with Gasteiger partial charge in [-0.05, 0) is 44.5 Å². The zero-order chi connectivity index (χ0) is 13.5. The van der Waals surface area contributed by atoms with E-state index < -0.39 is 5.82 Å². The van der Waals surface area contributed by atoms with Crippen molar-refractivity contribution in [1.29, 1.82) is 5.26 Å². The minimum Gasteiger partial charge on any atom is -0.493 e. The van der Waals surface area contributed by atoms with E-state index in [1.807, 2.05) is 0 Å². The van der Waals surface area contributed by atoms with Crippen molar-refractivity contribution in [2.45, 2.75) is 25.7 Å². The molecule has 5 heteroatoms. The molecule has 0 N–H and O–H groups in total. The molecule has 0 unspecified atom stereocenters. The molecule has 1 aromatic rings. The minimum absolute atomic E-state index is 0. The Kier molecular flexibility index (Phi) is 7.35. The van der Waals surface area contributed by atoms with Crippen molar-refractivity contribution in [3.8, 4) is 11.8 Å². The van der Waals surface area contributed by atoms with Gasteiger partial charge in [0.2, 0.25) is 0 Å². The maximum absolute atomic E-state index is 13.3. The highest BCUT2D eigenvalue weighted by Crippen LogP contribution is 2.16. The minimum atomic E-state index is -0.518. The summed E-state index contributed by atoms with van der Waals surface area (Å²) in [5, 5.41) is 8.63. The molecule has 1 aromatic carbocycles. The van der Waals surface area contributed by atoms with Gasteiger partial charge in [0.05, 0.1) is 12.2 Å². The lowest BCUT2D eigenvalue weighted by molar-refractivity contribution is 0.205. The summed E-state index contributed by atoms with van der Waals surface area (Å²) in [5.74, 6) is -0.0221. The Hall–Kier alpha value is -1.31. The van der Waals surface area contributed by atoms with E-state index >= 15 is 0 Å². The van der Waals surface area contributed by atoms with Gasteiger partial charge in [-0.3, -0.25) is 0 Å². The summed E-state index contributed by atoms with van der Waals surface area (Å²) in [6.07, 6.45) is 4.88. The highest BCUT2D eigenvalue weighted by atomic mass is 35.5. The number of likely N-dealkylation sites (tertiary alicyclic amines) is 1. The highest BCUT2D eigenvalue weighted by molar-refractivity contribution is 5.85. The molecule has 0 aliphatic carbocycles. The lowest BCUT2D eigenvalue weighted by atomic mass is 10.1. The van der Waals surface area contributed by atoms with Crippen LogP contribution in [0.15, 0.2) is 18.2 Å². The normalized spacial score (nSPS) is 15.2. The van der Waals surface area contributed by atoms with Gasteiger partial charge in [-0.25, -0.2) is 4.39 Å². The molecule has 1 saturated heterocycles. The number of benzene rings is 1. The Morgan fingerprint density at radius 3 is 2.65 bits per heavy atom. The molecule has 1 aliphatic heterocycles. The van der Waals surface area contributed by atoms with Crippen molar-refractivity contribution in [3.05, 3.63) is 29.6 Å². The molecule has 1 heterocycles. The van der Waals surface area contributed by atoms with Crippen LogP contribution in [-0.4, -0.2) is 31.1 Å². The first kappa shape index (κ1) is 16.7. The average Bonchev–Trinajstić information content (AvgIpc) is 2.45. The third-order valence-electron chi connectivity index (χ3n) is 3.40. The Morgan fingerprint density at radius 2 is 2.00 bits per heavy atom. The summed E-state index contributed by atoms with van der Waals surface area (Å²) < 4.78 is 18.8. The molecule has 1 fully saturated rings. The average molecular weight is 299 g/mol. The third kappa shape index (κ3) is 4.99. The van der Waals surface area contributed by atoms with E-state index in [-0.39, 0.29) is 18.0 Å². The fourth-order valence-corrected chi connectivity index (χ4v) is 2.34. The van der Waals surface area contributed by atoms with E-state index in [1.54, 1.807) is 12.1 Å². The first-order valence-electron chi connectivity index (χ1n) is 6.84. The molecular formula is C15H20ClFN2O. The van der Waals surface area contributed by atoms with Crippen LogP contribution in [0.4, 0.5) is 4.39 Å². The standard InChI is InChI=1S/C15H19FN2O.ClH/c16-15-11-14(6-5-13(15)12-17)19-10-4-9-18-7-2-1-3-8-18;/h5-6,11H,1-4,7-10H2;1H. The van der Waals surface area contributed by atoms with E-state index in [1.165, 1.54) is 44.5 Å². The van der Waals surface area contributed by atoms with Crippen molar-refractivity contribution in [1.82, 2.24) is 4.90 Å². The van der Waals surface area contributed by atoms with Crippen molar-refractivity contribution < 1.29 is 9.13 Å². The van der Waals surface area contributed by atoms with Crippen molar-refractivity contribution in [2.75, 3.05) is 26.2 Å². The van der Waals surface area contributed by atoms with E-state index in [0.29, 0.717) is 12.4 Å². The first-order chi connectivity index (χ1) is 9.29. The van der Waals surface area contributed by atoms with Gasteiger partial charge < -0.3 is 9.64 Å². The maximum atomic E-state index is 13.3. The zero-order valence-electron chi connectivity index (χ0n) is 11.5.